The van der Waals surface area contributed by atoms with Gasteiger partial charge in [0.1, 0.15) is 12.4 Å². The number of benzene rings is 1. The van der Waals surface area contributed by atoms with Crippen LogP contribution in [0.2, 0.25) is 0 Å². The number of hydrogen-bond acceptors (Lipinski definition) is 6. The number of carbonyl (C=O) groups is 1. The lowest BCUT2D eigenvalue weighted by molar-refractivity contribution is 0.0696. The fourth-order valence-electron chi connectivity index (χ4n) is 1.58. The SMILES string of the molecule is Cn1nnnc1CC(O)COc1ccc(C(=O)O)cc1. The van der Waals surface area contributed by atoms with Gasteiger partial charge in [-0.05, 0) is 34.7 Å². The molecule has 8 nitrogen and oxygen atoms in total. The van der Waals surface area contributed by atoms with Crippen LogP contribution in [0.25, 0.3) is 0 Å². The molecule has 0 aliphatic heterocycles. The second kappa shape index (κ2) is 6.11. The number of ether oxygens (including phenoxy) is 1. The smallest absolute Gasteiger partial charge is 0.335 e. The number of aliphatic hydroxyl groups is 1. The van der Waals surface area contributed by atoms with Crippen LogP contribution in [0.1, 0.15) is 16.2 Å². The number of aryl methyl sites for hydroxylation is 1. The summed E-state index contributed by atoms with van der Waals surface area (Å²) in [5.74, 6) is 0.0545. The van der Waals surface area contributed by atoms with Gasteiger partial charge in [0.2, 0.25) is 0 Å². The van der Waals surface area contributed by atoms with Crippen LogP contribution in [-0.4, -0.2) is 49.1 Å². The van der Waals surface area contributed by atoms with Gasteiger partial charge in [0.05, 0.1) is 11.7 Å². The summed E-state index contributed by atoms with van der Waals surface area (Å²) in [4.78, 5) is 10.7. The Morgan fingerprint density at radius 2 is 2.10 bits per heavy atom. The van der Waals surface area contributed by atoms with E-state index in [-0.39, 0.29) is 18.6 Å². The highest BCUT2D eigenvalue weighted by molar-refractivity contribution is 5.87. The van der Waals surface area contributed by atoms with E-state index in [9.17, 15) is 9.90 Å². The van der Waals surface area contributed by atoms with Crippen molar-refractivity contribution in [2.45, 2.75) is 12.5 Å². The Kier molecular flexibility index (Phi) is 4.26. The summed E-state index contributed by atoms with van der Waals surface area (Å²) in [5.41, 5.74) is 0.183. The molecule has 8 heteroatoms. The molecule has 1 atom stereocenters. The number of rotatable bonds is 6. The molecule has 0 aliphatic carbocycles. The molecule has 106 valence electrons. The van der Waals surface area contributed by atoms with Gasteiger partial charge in [-0.3, -0.25) is 0 Å². The Labute approximate surface area is 114 Å². The third-order valence-corrected chi connectivity index (χ3v) is 2.67. The molecule has 0 amide bonds. The van der Waals surface area contributed by atoms with Crippen molar-refractivity contribution in [3.05, 3.63) is 35.7 Å². The average Bonchev–Trinajstić information content (AvgIpc) is 2.82. The van der Waals surface area contributed by atoms with E-state index in [1.54, 1.807) is 19.2 Å². The van der Waals surface area contributed by atoms with E-state index >= 15 is 0 Å². The summed E-state index contributed by atoms with van der Waals surface area (Å²) in [6.07, 6.45) is -0.477. The van der Waals surface area contributed by atoms with E-state index in [1.165, 1.54) is 16.8 Å². The van der Waals surface area contributed by atoms with Crippen LogP contribution >= 0.6 is 0 Å². The predicted molar refractivity (Wildman–Crippen MR) is 67.4 cm³/mol. The van der Waals surface area contributed by atoms with E-state index in [0.29, 0.717) is 11.6 Å². The Morgan fingerprint density at radius 1 is 1.40 bits per heavy atom. The van der Waals surface area contributed by atoms with E-state index in [2.05, 4.69) is 15.5 Å². The normalized spacial score (nSPS) is 12.1. The predicted octanol–water partition coefficient (Wildman–Crippen LogP) is -0.109. The highest BCUT2D eigenvalue weighted by Gasteiger charge is 2.11. The van der Waals surface area contributed by atoms with Crippen molar-refractivity contribution in [2.75, 3.05) is 6.61 Å². The molecule has 0 saturated heterocycles. The van der Waals surface area contributed by atoms with E-state index in [4.69, 9.17) is 9.84 Å². The van der Waals surface area contributed by atoms with Crippen molar-refractivity contribution in [2.24, 2.45) is 7.05 Å². The van der Waals surface area contributed by atoms with Crippen molar-refractivity contribution in [1.29, 1.82) is 0 Å². The van der Waals surface area contributed by atoms with Gasteiger partial charge in [0.15, 0.2) is 5.82 Å². The maximum Gasteiger partial charge on any atom is 0.335 e. The number of aromatic nitrogens is 4. The first-order chi connectivity index (χ1) is 9.56. The second-order valence-corrected chi connectivity index (χ2v) is 4.22. The molecule has 2 rings (SSSR count). The van der Waals surface area contributed by atoms with Gasteiger partial charge < -0.3 is 14.9 Å². The maximum absolute atomic E-state index is 10.7. The van der Waals surface area contributed by atoms with Crippen molar-refractivity contribution in [3.63, 3.8) is 0 Å². The van der Waals surface area contributed by atoms with Gasteiger partial charge in [-0.2, -0.15) is 0 Å². The second-order valence-electron chi connectivity index (χ2n) is 4.22. The molecule has 0 fully saturated rings. The summed E-state index contributed by atoms with van der Waals surface area (Å²) >= 11 is 0. The van der Waals surface area contributed by atoms with Gasteiger partial charge in [-0.1, -0.05) is 0 Å². The van der Waals surface area contributed by atoms with Crippen LogP contribution in [0, 0.1) is 0 Å². The number of aliphatic hydroxyl groups excluding tert-OH is 1. The monoisotopic (exact) mass is 278 g/mol. The summed E-state index contributed by atoms with van der Waals surface area (Å²) in [7, 11) is 1.69. The van der Waals surface area contributed by atoms with Crippen LogP contribution < -0.4 is 4.74 Å². The summed E-state index contributed by atoms with van der Waals surface area (Å²) < 4.78 is 6.85. The molecule has 0 bridgehead atoms. The zero-order valence-corrected chi connectivity index (χ0v) is 10.8. The lowest BCUT2D eigenvalue weighted by atomic mass is 10.2. The Morgan fingerprint density at radius 3 is 2.65 bits per heavy atom. The third-order valence-electron chi connectivity index (χ3n) is 2.67. The quantitative estimate of drug-likeness (QED) is 0.758. The maximum atomic E-state index is 10.7. The molecule has 0 radical (unpaired) electrons. The summed E-state index contributed by atoms with van der Waals surface area (Å²) in [5, 5.41) is 29.5. The lowest BCUT2D eigenvalue weighted by Gasteiger charge is -2.11. The molecule has 0 saturated carbocycles. The Hall–Kier alpha value is -2.48. The Balaban J connectivity index is 1.85. The van der Waals surface area contributed by atoms with E-state index in [0.717, 1.165) is 0 Å². The lowest BCUT2D eigenvalue weighted by Crippen LogP contribution is -2.22. The average molecular weight is 278 g/mol. The summed E-state index contributed by atoms with van der Waals surface area (Å²) in [6, 6.07) is 5.97. The molecular formula is C12H14N4O4. The first kappa shape index (κ1) is 13.9. The summed E-state index contributed by atoms with van der Waals surface area (Å²) in [6.45, 7) is 0.0687. The van der Waals surface area contributed by atoms with Crippen molar-refractivity contribution < 1.29 is 19.7 Å². The number of tetrazole rings is 1. The zero-order valence-electron chi connectivity index (χ0n) is 10.8. The van der Waals surface area contributed by atoms with Gasteiger partial charge in [-0.15, -0.1) is 5.10 Å². The number of hydrogen-bond donors (Lipinski definition) is 2. The topological polar surface area (TPSA) is 110 Å². The minimum atomic E-state index is -0.994. The molecule has 1 aromatic heterocycles. The zero-order chi connectivity index (χ0) is 14.5. The molecule has 1 aromatic carbocycles. The van der Waals surface area contributed by atoms with Crippen molar-refractivity contribution in [1.82, 2.24) is 20.2 Å². The molecule has 0 spiro atoms. The third kappa shape index (κ3) is 3.51. The fourth-order valence-corrected chi connectivity index (χ4v) is 1.58. The van der Waals surface area contributed by atoms with Gasteiger partial charge in [-0.25, -0.2) is 9.48 Å². The highest BCUT2D eigenvalue weighted by Crippen LogP contribution is 2.12. The van der Waals surface area contributed by atoms with Crippen molar-refractivity contribution >= 4 is 5.97 Å². The van der Waals surface area contributed by atoms with Crippen molar-refractivity contribution in [3.8, 4) is 5.75 Å². The molecule has 1 heterocycles. The standard InChI is InChI=1S/C12H14N4O4/c1-16-11(13-14-15-16)6-9(17)7-20-10-4-2-8(3-5-10)12(18)19/h2-5,9,17H,6-7H2,1H3,(H,18,19). The van der Waals surface area contributed by atoms with Crippen LogP contribution in [0.5, 0.6) is 5.75 Å². The first-order valence-corrected chi connectivity index (χ1v) is 5.91. The molecule has 1 unspecified atom stereocenters. The van der Waals surface area contributed by atoms with E-state index < -0.39 is 12.1 Å². The Bertz CT molecular complexity index is 581. The van der Waals surface area contributed by atoms with E-state index in [1.807, 2.05) is 0 Å². The van der Waals surface area contributed by atoms with Crippen LogP contribution in [-0.2, 0) is 13.5 Å². The molecule has 2 aromatic rings. The largest absolute Gasteiger partial charge is 0.491 e. The minimum absolute atomic E-state index is 0.0687. The van der Waals surface area contributed by atoms with Gasteiger partial charge in [0, 0.05) is 13.5 Å². The van der Waals surface area contributed by atoms with Crippen LogP contribution in [0.15, 0.2) is 24.3 Å². The molecule has 20 heavy (non-hydrogen) atoms. The van der Waals surface area contributed by atoms with Gasteiger partial charge >= 0.3 is 5.97 Å². The minimum Gasteiger partial charge on any atom is -0.491 e. The van der Waals surface area contributed by atoms with Crippen LogP contribution in [0.3, 0.4) is 0 Å². The first-order valence-electron chi connectivity index (χ1n) is 5.91. The number of nitrogens with zero attached hydrogens (tertiary/aromatic N) is 4. The number of aromatic carboxylic acids is 1. The highest BCUT2D eigenvalue weighted by atomic mass is 16.5. The number of carboxylic acids is 1. The fraction of sp³-hybridized carbons (Fsp3) is 0.333. The van der Waals surface area contributed by atoms with Crippen LogP contribution in [0.4, 0.5) is 0 Å². The molecular weight excluding hydrogens is 264 g/mol. The molecule has 2 N–H and O–H groups in total. The number of carboxylic acid groups (broad SMARTS) is 1. The van der Waals surface area contributed by atoms with Gasteiger partial charge in [0.25, 0.3) is 0 Å². The molecule has 0 aliphatic rings.